The molecule has 1 aromatic rings. The summed E-state index contributed by atoms with van der Waals surface area (Å²) in [6, 6.07) is -1.38. The Morgan fingerprint density at radius 3 is 2.76 bits per heavy atom. The first-order valence-corrected chi connectivity index (χ1v) is 7.28. The second-order valence-corrected chi connectivity index (χ2v) is 5.56. The van der Waals surface area contributed by atoms with Crippen LogP contribution in [0.3, 0.4) is 0 Å². The SMILES string of the molecule is CCCN(CC1CC1)C(=O)NC(C(=O)O)c1cnn(C)c1. The van der Waals surface area contributed by atoms with Crippen LogP contribution in [0.1, 0.15) is 37.8 Å². The van der Waals surface area contributed by atoms with Crippen molar-refractivity contribution in [3.8, 4) is 0 Å². The van der Waals surface area contributed by atoms with Crippen LogP contribution in [0.25, 0.3) is 0 Å². The van der Waals surface area contributed by atoms with Crippen LogP contribution in [0.15, 0.2) is 12.4 Å². The summed E-state index contributed by atoms with van der Waals surface area (Å²) in [5, 5.41) is 15.9. The molecule has 1 aliphatic carbocycles. The van der Waals surface area contributed by atoms with Crippen LogP contribution in [0, 0.1) is 5.92 Å². The molecular weight excluding hydrogens is 272 g/mol. The molecule has 1 unspecified atom stereocenters. The van der Waals surface area contributed by atoms with Crippen LogP contribution in [0.5, 0.6) is 0 Å². The predicted octanol–water partition coefficient (Wildman–Crippen LogP) is 1.38. The van der Waals surface area contributed by atoms with E-state index < -0.39 is 12.0 Å². The molecule has 1 aromatic heterocycles. The number of carboxylic acid groups (broad SMARTS) is 1. The largest absolute Gasteiger partial charge is 0.479 e. The molecule has 2 amide bonds. The van der Waals surface area contributed by atoms with Gasteiger partial charge in [-0.2, -0.15) is 5.10 Å². The van der Waals surface area contributed by atoms with Gasteiger partial charge < -0.3 is 15.3 Å². The van der Waals surface area contributed by atoms with Crippen molar-refractivity contribution >= 4 is 12.0 Å². The molecule has 2 N–H and O–H groups in total. The smallest absolute Gasteiger partial charge is 0.331 e. The molecule has 0 spiro atoms. The van der Waals surface area contributed by atoms with Gasteiger partial charge >= 0.3 is 12.0 Å². The van der Waals surface area contributed by atoms with Gasteiger partial charge in [-0.15, -0.1) is 0 Å². The van der Waals surface area contributed by atoms with Gasteiger partial charge in [0.05, 0.1) is 6.20 Å². The summed E-state index contributed by atoms with van der Waals surface area (Å²) in [5.41, 5.74) is 0.473. The van der Waals surface area contributed by atoms with Crippen molar-refractivity contribution in [2.45, 2.75) is 32.2 Å². The number of carbonyl (C=O) groups excluding carboxylic acids is 1. The molecule has 116 valence electrons. The van der Waals surface area contributed by atoms with E-state index in [4.69, 9.17) is 0 Å². The van der Waals surface area contributed by atoms with Gasteiger partial charge in [0.15, 0.2) is 6.04 Å². The van der Waals surface area contributed by atoms with Gasteiger partial charge in [-0.05, 0) is 25.2 Å². The predicted molar refractivity (Wildman–Crippen MR) is 76.7 cm³/mol. The molecule has 1 heterocycles. The van der Waals surface area contributed by atoms with Crippen molar-refractivity contribution in [3.63, 3.8) is 0 Å². The number of hydrogen-bond acceptors (Lipinski definition) is 3. The minimum atomic E-state index is -1.08. The number of nitrogens with one attached hydrogen (secondary N) is 1. The second-order valence-electron chi connectivity index (χ2n) is 5.56. The Bertz CT molecular complexity index is 510. The molecule has 7 heteroatoms. The molecule has 1 atom stereocenters. The first-order chi connectivity index (χ1) is 10.0. The first-order valence-electron chi connectivity index (χ1n) is 7.28. The molecule has 0 bridgehead atoms. The monoisotopic (exact) mass is 294 g/mol. The van der Waals surface area contributed by atoms with E-state index in [2.05, 4.69) is 10.4 Å². The molecule has 21 heavy (non-hydrogen) atoms. The van der Waals surface area contributed by atoms with Crippen molar-refractivity contribution < 1.29 is 14.7 Å². The first kappa shape index (κ1) is 15.3. The fourth-order valence-electron chi connectivity index (χ4n) is 2.25. The van der Waals surface area contributed by atoms with Crippen molar-refractivity contribution in [2.75, 3.05) is 13.1 Å². The lowest BCUT2D eigenvalue weighted by atomic mass is 10.1. The Balaban J connectivity index is 2.03. The van der Waals surface area contributed by atoms with E-state index in [1.54, 1.807) is 18.1 Å². The van der Waals surface area contributed by atoms with E-state index in [1.165, 1.54) is 10.9 Å². The number of hydrogen-bond donors (Lipinski definition) is 2. The number of aromatic nitrogens is 2. The number of aliphatic carboxylic acids is 1. The van der Waals surface area contributed by atoms with Gasteiger partial charge in [-0.25, -0.2) is 9.59 Å². The summed E-state index contributed by atoms with van der Waals surface area (Å²) in [6.45, 7) is 3.35. The van der Waals surface area contributed by atoms with Gasteiger partial charge in [-0.3, -0.25) is 4.68 Å². The fraction of sp³-hybridized carbons (Fsp3) is 0.643. The van der Waals surface area contributed by atoms with Gasteiger partial charge in [0, 0.05) is 31.9 Å². The maximum atomic E-state index is 12.3. The maximum Gasteiger partial charge on any atom is 0.331 e. The van der Waals surface area contributed by atoms with Gasteiger partial charge in [-0.1, -0.05) is 6.92 Å². The summed E-state index contributed by atoms with van der Waals surface area (Å²) >= 11 is 0. The van der Waals surface area contributed by atoms with Crippen molar-refractivity contribution in [3.05, 3.63) is 18.0 Å². The third-order valence-electron chi connectivity index (χ3n) is 3.53. The van der Waals surface area contributed by atoms with Gasteiger partial charge in [0.25, 0.3) is 0 Å². The Morgan fingerprint density at radius 2 is 2.29 bits per heavy atom. The lowest BCUT2D eigenvalue weighted by Crippen LogP contribution is -2.44. The molecule has 0 saturated heterocycles. The zero-order chi connectivity index (χ0) is 15.4. The summed E-state index contributed by atoms with van der Waals surface area (Å²) < 4.78 is 1.52. The highest BCUT2D eigenvalue weighted by molar-refractivity contribution is 5.83. The highest BCUT2D eigenvalue weighted by Crippen LogP contribution is 2.29. The lowest BCUT2D eigenvalue weighted by Gasteiger charge is -2.24. The van der Waals surface area contributed by atoms with E-state index in [9.17, 15) is 14.7 Å². The number of nitrogens with zero attached hydrogens (tertiary/aromatic N) is 3. The highest BCUT2D eigenvalue weighted by Gasteiger charge is 2.29. The molecule has 2 rings (SSSR count). The van der Waals surface area contributed by atoms with Crippen molar-refractivity contribution in [2.24, 2.45) is 13.0 Å². The number of carbonyl (C=O) groups is 2. The van der Waals surface area contributed by atoms with Gasteiger partial charge in [0.2, 0.25) is 0 Å². The minimum Gasteiger partial charge on any atom is -0.479 e. The van der Waals surface area contributed by atoms with E-state index >= 15 is 0 Å². The number of rotatable bonds is 7. The number of amides is 2. The van der Waals surface area contributed by atoms with Crippen LogP contribution in [-0.2, 0) is 11.8 Å². The topological polar surface area (TPSA) is 87.5 Å². The van der Waals surface area contributed by atoms with Crippen LogP contribution in [-0.4, -0.2) is 44.9 Å². The quantitative estimate of drug-likeness (QED) is 0.795. The fourth-order valence-corrected chi connectivity index (χ4v) is 2.25. The zero-order valence-corrected chi connectivity index (χ0v) is 12.5. The Labute approximate surface area is 123 Å². The Hall–Kier alpha value is -2.05. The lowest BCUT2D eigenvalue weighted by molar-refractivity contribution is -0.139. The molecule has 7 nitrogen and oxygen atoms in total. The standard InChI is InChI=1S/C14H22N4O3/c1-3-6-18(8-10-4-5-10)14(21)16-12(13(19)20)11-7-15-17(2)9-11/h7,9-10,12H,3-6,8H2,1-2H3,(H,16,21)(H,19,20). The molecular formula is C14H22N4O3. The average molecular weight is 294 g/mol. The number of urea groups is 1. The van der Waals surface area contributed by atoms with Crippen molar-refractivity contribution in [1.29, 1.82) is 0 Å². The van der Waals surface area contributed by atoms with E-state index in [0.29, 0.717) is 24.6 Å². The summed E-state index contributed by atoms with van der Waals surface area (Å²) in [4.78, 5) is 25.4. The van der Waals surface area contributed by atoms with Gasteiger partial charge in [0.1, 0.15) is 0 Å². The van der Waals surface area contributed by atoms with Crippen LogP contribution < -0.4 is 5.32 Å². The van der Waals surface area contributed by atoms with E-state index in [1.807, 2.05) is 6.92 Å². The summed E-state index contributed by atoms with van der Waals surface area (Å²) in [7, 11) is 1.71. The number of aryl methyl sites for hydroxylation is 1. The summed E-state index contributed by atoms with van der Waals surface area (Å²) in [5.74, 6) is -0.511. The normalized spacial score (nSPS) is 15.5. The Kier molecular flexibility index (Phi) is 4.82. The van der Waals surface area contributed by atoms with Crippen LogP contribution >= 0.6 is 0 Å². The molecule has 1 saturated carbocycles. The van der Waals surface area contributed by atoms with Crippen LogP contribution in [0.2, 0.25) is 0 Å². The van der Waals surface area contributed by atoms with Crippen molar-refractivity contribution in [1.82, 2.24) is 20.0 Å². The molecule has 0 aliphatic heterocycles. The molecule has 1 fully saturated rings. The zero-order valence-electron chi connectivity index (χ0n) is 12.5. The molecule has 1 aliphatic rings. The average Bonchev–Trinajstić information content (AvgIpc) is 3.15. The van der Waals surface area contributed by atoms with Crippen LogP contribution in [0.4, 0.5) is 4.79 Å². The maximum absolute atomic E-state index is 12.3. The third kappa shape index (κ3) is 4.21. The highest BCUT2D eigenvalue weighted by atomic mass is 16.4. The van der Waals surface area contributed by atoms with E-state index in [-0.39, 0.29) is 6.03 Å². The van der Waals surface area contributed by atoms with E-state index in [0.717, 1.165) is 19.3 Å². The third-order valence-corrected chi connectivity index (χ3v) is 3.53. The number of carboxylic acids is 1. The second kappa shape index (κ2) is 6.60. The summed E-state index contributed by atoms with van der Waals surface area (Å²) in [6.07, 6.45) is 6.22. The molecule has 0 aromatic carbocycles. The molecule has 0 radical (unpaired) electrons. The Morgan fingerprint density at radius 1 is 1.57 bits per heavy atom. The minimum absolute atomic E-state index is 0.319.